The number of thiophene rings is 1. The van der Waals surface area contributed by atoms with Gasteiger partial charge in [-0.2, -0.15) is 0 Å². The van der Waals surface area contributed by atoms with Crippen molar-refractivity contribution in [1.29, 1.82) is 0 Å². The second kappa shape index (κ2) is 13.1. The van der Waals surface area contributed by atoms with Gasteiger partial charge in [0.1, 0.15) is 11.6 Å². The summed E-state index contributed by atoms with van der Waals surface area (Å²) in [6, 6.07) is 7.76. The number of aromatic nitrogens is 3. The number of rotatable bonds is 11. The summed E-state index contributed by atoms with van der Waals surface area (Å²) < 4.78 is 28.9. The first-order chi connectivity index (χ1) is 20.9. The molecule has 4 heterocycles. The number of benzene rings is 1. The van der Waals surface area contributed by atoms with Crippen molar-refractivity contribution in [1.82, 2.24) is 30.1 Å². The summed E-state index contributed by atoms with van der Waals surface area (Å²) in [6.07, 6.45) is 6.38. The van der Waals surface area contributed by atoms with Crippen LogP contribution in [-0.2, 0) is 23.0 Å². The van der Waals surface area contributed by atoms with Crippen LogP contribution in [0.1, 0.15) is 25.0 Å². The van der Waals surface area contributed by atoms with Crippen molar-refractivity contribution < 1.29 is 23.5 Å². The highest BCUT2D eigenvalue weighted by atomic mass is 32.1. The van der Waals surface area contributed by atoms with Crippen LogP contribution in [0.25, 0.3) is 20.9 Å². The molecule has 3 N–H and O–H groups in total. The number of amides is 3. The molecule has 1 aliphatic heterocycles. The number of nitrogens with one attached hydrogen (secondary N) is 3. The quantitative estimate of drug-likeness (QED) is 0.218. The summed E-state index contributed by atoms with van der Waals surface area (Å²) >= 11 is 1.43. The van der Waals surface area contributed by atoms with E-state index in [9.17, 15) is 14.0 Å². The fraction of sp³-hybridized carbons (Fsp3) is 0.400. The van der Waals surface area contributed by atoms with Gasteiger partial charge in [-0.15, -0.1) is 11.3 Å². The Morgan fingerprint density at radius 1 is 1.14 bits per heavy atom. The molecule has 6 rings (SSSR count). The number of imidazole rings is 1. The van der Waals surface area contributed by atoms with Gasteiger partial charge in [0.05, 0.1) is 34.7 Å². The number of fused-ring (bicyclic) bond motifs is 1. The van der Waals surface area contributed by atoms with E-state index in [0.717, 1.165) is 67.4 Å². The zero-order chi connectivity index (χ0) is 29.8. The first kappa shape index (κ1) is 29.0. The highest BCUT2D eigenvalue weighted by Gasteiger charge is 2.23. The van der Waals surface area contributed by atoms with Gasteiger partial charge in [-0.05, 0) is 44.0 Å². The molecule has 3 aromatic heterocycles. The van der Waals surface area contributed by atoms with Gasteiger partial charge < -0.3 is 30.0 Å². The summed E-state index contributed by atoms with van der Waals surface area (Å²) in [7, 11) is 1.88. The molecule has 1 aliphatic carbocycles. The van der Waals surface area contributed by atoms with Crippen molar-refractivity contribution in [3.63, 3.8) is 0 Å². The van der Waals surface area contributed by atoms with Crippen LogP contribution in [0.4, 0.5) is 14.9 Å². The average molecular weight is 608 g/mol. The van der Waals surface area contributed by atoms with Crippen molar-refractivity contribution in [2.75, 3.05) is 44.7 Å². The van der Waals surface area contributed by atoms with Gasteiger partial charge in [-0.3, -0.25) is 14.7 Å². The topological polar surface area (TPSA) is 123 Å². The lowest BCUT2D eigenvalue weighted by molar-refractivity contribution is -0.120. The average Bonchev–Trinajstić information content (AvgIpc) is 3.58. The normalized spacial score (nSPS) is 15.4. The Labute approximate surface area is 252 Å². The van der Waals surface area contributed by atoms with Gasteiger partial charge in [0, 0.05) is 68.6 Å². The summed E-state index contributed by atoms with van der Waals surface area (Å²) in [6.45, 7) is 4.99. The van der Waals surface area contributed by atoms with Crippen LogP contribution in [0.15, 0.2) is 42.7 Å². The molecule has 1 aromatic carbocycles. The fourth-order valence-corrected chi connectivity index (χ4v) is 5.98. The standard InChI is InChI=1S/C30H34FN7O4S/c1-37-21(16-27(39)33-8-2-10-38-11-13-41-14-12-38)18-34-29(37)26-17-23-28(43-26)25(7-9-32-23)42-24-6-5-20(15-22(24)31)36-30(40)35-19-3-4-19/h5-7,9,15,17-19H,2-4,8,10-14,16H2,1H3,(H,33,39)(H2,35,36,40). The number of halogens is 1. The van der Waals surface area contributed by atoms with Gasteiger partial charge in [-0.1, -0.05) is 0 Å². The Morgan fingerprint density at radius 2 is 1.98 bits per heavy atom. The van der Waals surface area contributed by atoms with E-state index in [4.69, 9.17) is 9.47 Å². The lowest BCUT2D eigenvalue weighted by atomic mass is 10.3. The largest absolute Gasteiger partial charge is 0.453 e. The van der Waals surface area contributed by atoms with E-state index in [2.05, 4.69) is 30.8 Å². The van der Waals surface area contributed by atoms with E-state index in [-0.39, 0.29) is 30.2 Å². The number of carbonyl (C=O) groups excluding carboxylic acids is 2. The fourth-order valence-electron chi connectivity index (χ4n) is 4.89. The Hall–Kier alpha value is -4.07. The molecular formula is C30H34FN7O4S. The lowest BCUT2D eigenvalue weighted by Gasteiger charge is -2.26. The zero-order valence-corrected chi connectivity index (χ0v) is 24.7. The maximum Gasteiger partial charge on any atom is 0.319 e. The van der Waals surface area contributed by atoms with E-state index in [1.807, 2.05) is 17.7 Å². The molecule has 0 unspecified atom stereocenters. The maximum absolute atomic E-state index is 14.9. The summed E-state index contributed by atoms with van der Waals surface area (Å²) in [4.78, 5) is 36.8. The third-order valence-corrected chi connectivity index (χ3v) is 8.56. The van der Waals surface area contributed by atoms with Crippen LogP contribution in [0.2, 0.25) is 0 Å². The molecule has 4 aromatic rings. The molecule has 0 radical (unpaired) electrons. The van der Waals surface area contributed by atoms with Gasteiger partial charge >= 0.3 is 6.03 Å². The molecule has 0 atom stereocenters. The smallest absolute Gasteiger partial charge is 0.319 e. The molecule has 13 heteroatoms. The van der Waals surface area contributed by atoms with E-state index in [1.165, 1.54) is 23.5 Å². The third kappa shape index (κ3) is 7.29. The number of pyridine rings is 1. The number of hydrogen-bond donors (Lipinski definition) is 3. The molecule has 0 bridgehead atoms. The van der Waals surface area contributed by atoms with E-state index < -0.39 is 5.82 Å². The minimum absolute atomic E-state index is 0.0332. The molecule has 2 fully saturated rings. The number of anilines is 1. The highest BCUT2D eigenvalue weighted by Crippen LogP contribution is 2.39. The Balaban J connectivity index is 1.08. The van der Waals surface area contributed by atoms with Crippen molar-refractivity contribution >= 4 is 39.2 Å². The second-order valence-electron chi connectivity index (χ2n) is 10.7. The number of ether oxygens (including phenoxy) is 2. The van der Waals surface area contributed by atoms with Gasteiger partial charge in [0.15, 0.2) is 11.6 Å². The first-order valence-electron chi connectivity index (χ1n) is 14.4. The number of urea groups is 1. The summed E-state index contributed by atoms with van der Waals surface area (Å²) in [5.74, 6) is 0.551. The van der Waals surface area contributed by atoms with Crippen LogP contribution in [0, 0.1) is 5.82 Å². The lowest BCUT2D eigenvalue weighted by Crippen LogP contribution is -2.38. The Kier molecular flexibility index (Phi) is 8.82. The maximum atomic E-state index is 14.9. The molecule has 1 saturated heterocycles. The van der Waals surface area contributed by atoms with Crippen LogP contribution in [0.5, 0.6) is 11.5 Å². The number of nitrogens with zero attached hydrogens (tertiary/aromatic N) is 4. The minimum atomic E-state index is -0.598. The van der Waals surface area contributed by atoms with Gasteiger partial charge in [-0.25, -0.2) is 14.2 Å². The van der Waals surface area contributed by atoms with Crippen LogP contribution < -0.4 is 20.7 Å². The zero-order valence-electron chi connectivity index (χ0n) is 23.9. The highest BCUT2D eigenvalue weighted by molar-refractivity contribution is 7.22. The van der Waals surface area contributed by atoms with Crippen LogP contribution in [-0.4, -0.2) is 76.8 Å². The van der Waals surface area contributed by atoms with Crippen LogP contribution >= 0.6 is 11.3 Å². The molecular weight excluding hydrogens is 573 g/mol. The van der Waals surface area contributed by atoms with E-state index >= 15 is 0 Å². The van der Waals surface area contributed by atoms with E-state index in [1.54, 1.807) is 24.5 Å². The van der Waals surface area contributed by atoms with Gasteiger partial charge in [0.25, 0.3) is 0 Å². The van der Waals surface area contributed by atoms with Crippen LogP contribution in [0.3, 0.4) is 0 Å². The van der Waals surface area contributed by atoms with Gasteiger partial charge in [0.2, 0.25) is 5.91 Å². The molecule has 1 saturated carbocycles. The molecule has 226 valence electrons. The molecule has 0 spiro atoms. The predicted molar refractivity (Wildman–Crippen MR) is 162 cm³/mol. The molecule has 11 nitrogen and oxygen atoms in total. The number of carbonyl (C=O) groups is 2. The molecule has 43 heavy (non-hydrogen) atoms. The van der Waals surface area contributed by atoms with Crippen molar-refractivity contribution in [2.45, 2.75) is 31.7 Å². The minimum Gasteiger partial charge on any atom is -0.453 e. The first-order valence-corrected chi connectivity index (χ1v) is 15.3. The van der Waals surface area contributed by atoms with Crippen molar-refractivity contribution in [2.24, 2.45) is 7.05 Å². The second-order valence-corrected chi connectivity index (χ2v) is 11.8. The SMILES string of the molecule is Cn1c(CC(=O)NCCCN2CCOCC2)cnc1-c1cc2nccc(Oc3ccc(NC(=O)NC4CC4)cc3F)c2s1. The Bertz CT molecular complexity index is 1610. The summed E-state index contributed by atoms with van der Waals surface area (Å²) in [5.41, 5.74) is 1.83. The number of morpholine rings is 1. The van der Waals surface area contributed by atoms with E-state index in [0.29, 0.717) is 29.3 Å². The monoisotopic (exact) mass is 607 g/mol. The molecule has 3 amide bonds. The number of hydrogen-bond acceptors (Lipinski definition) is 8. The van der Waals surface area contributed by atoms with Crippen molar-refractivity contribution in [3.8, 4) is 22.2 Å². The Morgan fingerprint density at radius 3 is 2.77 bits per heavy atom. The van der Waals surface area contributed by atoms with Crippen molar-refractivity contribution in [3.05, 3.63) is 54.2 Å². The predicted octanol–water partition coefficient (Wildman–Crippen LogP) is 4.29. The third-order valence-electron chi connectivity index (χ3n) is 7.42. The molecule has 2 aliphatic rings. The summed E-state index contributed by atoms with van der Waals surface area (Å²) in [5, 5.41) is 8.46.